The van der Waals surface area contributed by atoms with Crippen molar-refractivity contribution in [3.05, 3.63) is 74.3 Å². The number of anilines is 1. The smallest absolute Gasteiger partial charge is 0.276 e. The third kappa shape index (κ3) is 5.71. The highest BCUT2D eigenvalue weighted by Gasteiger charge is 2.27. The van der Waals surface area contributed by atoms with E-state index in [4.69, 9.17) is 0 Å². The van der Waals surface area contributed by atoms with Gasteiger partial charge in [-0.25, -0.2) is 8.42 Å². The van der Waals surface area contributed by atoms with Gasteiger partial charge in [0.15, 0.2) is 0 Å². The number of nitrogens with one attached hydrogen (secondary N) is 1. The molecule has 11 nitrogen and oxygen atoms in total. The number of benzene rings is 2. The molecule has 164 valence electrons. The van der Waals surface area contributed by atoms with Crippen LogP contribution in [0, 0.1) is 20.2 Å². The molecule has 0 amide bonds. The predicted octanol–water partition coefficient (Wildman–Crippen LogP) is 3.64. The van der Waals surface area contributed by atoms with Gasteiger partial charge in [-0.1, -0.05) is 26.0 Å². The highest BCUT2D eigenvalue weighted by Crippen LogP contribution is 2.29. The van der Waals surface area contributed by atoms with Crippen LogP contribution in [-0.2, 0) is 10.0 Å². The van der Waals surface area contributed by atoms with Crippen LogP contribution in [0.2, 0.25) is 0 Å². The summed E-state index contributed by atoms with van der Waals surface area (Å²) < 4.78 is 27.0. The molecule has 0 radical (unpaired) electrons. The zero-order chi connectivity index (χ0) is 23.0. The van der Waals surface area contributed by atoms with E-state index in [1.54, 1.807) is 32.0 Å². The van der Waals surface area contributed by atoms with Crippen LogP contribution < -0.4 is 5.43 Å². The Bertz CT molecular complexity index is 1130. The first kappa shape index (κ1) is 23.6. The lowest BCUT2D eigenvalue weighted by Gasteiger charge is -2.20. The summed E-state index contributed by atoms with van der Waals surface area (Å²) in [5, 5.41) is 26.0. The van der Waals surface area contributed by atoms with Gasteiger partial charge in [-0.15, -0.1) is 0 Å². The first-order valence-electron chi connectivity index (χ1n) is 9.20. The number of hydrazone groups is 1. The maximum Gasteiger partial charge on any atom is 0.276 e. The molecule has 1 N–H and O–H groups in total. The van der Waals surface area contributed by atoms with Gasteiger partial charge in [0.25, 0.3) is 11.4 Å². The molecule has 0 atom stereocenters. The fraction of sp³-hybridized carbons (Fsp3) is 0.211. The van der Waals surface area contributed by atoms with Gasteiger partial charge in [0, 0.05) is 37.5 Å². The van der Waals surface area contributed by atoms with Gasteiger partial charge in [0.1, 0.15) is 4.90 Å². The largest absolute Gasteiger partial charge is 0.277 e. The Morgan fingerprint density at radius 2 is 1.74 bits per heavy atom. The first-order chi connectivity index (χ1) is 14.7. The molecule has 2 rings (SSSR count). The van der Waals surface area contributed by atoms with Crippen molar-refractivity contribution in [2.75, 3.05) is 18.5 Å². The van der Waals surface area contributed by atoms with E-state index in [-0.39, 0.29) is 35.0 Å². The highest BCUT2D eigenvalue weighted by molar-refractivity contribution is 7.89. The normalized spacial score (nSPS) is 12.0. The van der Waals surface area contributed by atoms with Crippen molar-refractivity contribution in [1.82, 2.24) is 4.31 Å². The SMILES string of the molecule is CCN(CC)S(=O)(=O)c1cc([N+](=O)[O-])ccc1N/N=C/C=C/c1ccccc1[N+](=O)[O-]. The molecule has 12 heteroatoms. The van der Waals surface area contributed by atoms with E-state index in [0.717, 1.165) is 6.07 Å². The summed E-state index contributed by atoms with van der Waals surface area (Å²) in [5.41, 5.74) is 2.57. The predicted molar refractivity (Wildman–Crippen MR) is 117 cm³/mol. The van der Waals surface area contributed by atoms with E-state index < -0.39 is 19.9 Å². The maximum atomic E-state index is 12.9. The third-order valence-corrected chi connectivity index (χ3v) is 6.34. The summed E-state index contributed by atoms with van der Waals surface area (Å²) >= 11 is 0. The van der Waals surface area contributed by atoms with E-state index in [1.165, 1.54) is 40.9 Å². The van der Waals surface area contributed by atoms with Gasteiger partial charge in [-0.3, -0.25) is 25.7 Å². The average Bonchev–Trinajstić information content (AvgIpc) is 2.74. The number of hydrogen-bond acceptors (Lipinski definition) is 8. The minimum absolute atomic E-state index is 0.0628. The van der Waals surface area contributed by atoms with E-state index >= 15 is 0 Å². The van der Waals surface area contributed by atoms with Gasteiger partial charge in [0.2, 0.25) is 10.0 Å². The van der Waals surface area contributed by atoms with Gasteiger partial charge in [0.05, 0.1) is 21.1 Å². The molecule has 0 saturated carbocycles. The van der Waals surface area contributed by atoms with Gasteiger partial charge >= 0.3 is 0 Å². The average molecular weight is 447 g/mol. The summed E-state index contributed by atoms with van der Waals surface area (Å²) in [7, 11) is -3.99. The first-order valence-corrected chi connectivity index (χ1v) is 10.6. The molecule has 0 aliphatic carbocycles. The van der Waals surface area contributed by atoms with Crippen molar-refractivity contribution < 1.29 is 18.3 Å². The molecule has 2 aromatic carbocycles. The molecule has 0 unspecified atom stereocenters. The van der Waals surface area contributed by atoms with Gasteiger partial charge in [-0.05, 0) is 24.3 Å². The van der Waals surface area contributed by atoms with Crippen LogP contribution >= 0.6 is 0 Å². The monoisotopic (exact) mass is 447 g/mol. The highest BCUT2D eigenvalue weighted by atomic mass is 32.2. The maximum absolute atomic E-state index is 12.9. The summed E-state index contributed by atoms with van der Waals surface area (Å²) in [6.45, 7) is 3.72. The molecule has 0 spiro atoms. The molecule has 2 aromatic rings. The Morgan fingerprint density at radius 3 is 2.35 bits per heavy atom. The lowest BCUT2D eigenvalue weighted by Crippen LogP contribution is -2.31. The number of nitrogens with zero attached hydrogens (tertiary/aromatic N) is 4. The third-order valence-electron chi connectivity index (χ3n) is 4.25. The lowest BCUT2D eigenvalue weighted by atomic mass is 10.2. The molecular formula is C19H21N5O6S. The van der Waals surface area contributed by atoms with Crippen molar-refractivity contribution in [3.8, 4) is 0 Å². The number of hydrogen-bond donors (Lipinski definition) is 1. The van der Waals surface area contributed by atoms with E-state index in [1.807, 2.05) is 0 Å². The van der Waals surface area contributed by atoms with Crippen LogP contribution in [-0.4, -0.2) is 41.9 Å². The Kier molecular flexibility index (Phi) is 7.94. The number of non-ortho nitro benzene ring substituents is 1. The standard InChI is InChI=1S/C19H21N5O6S/c1-3-22(4-2)31(29,30)19-14-16(23(25)26)11-12-17(19)21-20-13-7-9-15-8-5-6-10-18(15)24(27)28/h5-14,21H,3-4H2,1-2H3/b9-7+,20-13+. The van der Waals surface area contributed by atoms with Gasteiger partial charge < -0.3 is 0 Å². The Morgan fingerprint density at radius 1 is 1.06 bits per heavy atom. The summed E-state index contributed by atoms with van der Waals surface area (Å²) in [6.07, 6.45) is 4.21. The van der Waals surface area contributed by atoms with Crippen molar-refractivity contribution >= 4 is 39.4 Å². The molecule has 0 saturated heterocycles. The topological polar surface area (TPSA) is 148 Å². The van der Waals surface area contributed by atoms with E-state index in [9.17, 15) is 28.6 Å². The van der Waals surface area contributed by atoms with Crippen molar-refractivity contribution in [2.45, 2.75) is 18.7 Å². The number of nitro benzene ring substituents is 2. The number of rotatable bonds is 10. The number of allylic oxidation sites excluding steroid dienone is 1. The zero-order valence-corrected chi connectivity index (χ0v) is 17.7. The van der Waals surface area contributed by atoms with Crippen LogP contribution in [0.5, 0.6) is 0 Å². The Hall–Kier alpha value is -3.64. The van der Waals surface area contributed by atoms with Crippen LogP contribution in [0.15, 0.2) is 58.5 Å². The van der Waals surface area contributed by atoms with E-state index in [2.05, 4.69) is 10.5 Å². The van der Waals surface area contributed by atoms with E-state index in [0.29, 0.717) is 5.56 Å². The molecule has 0 fully saturated rings. The van der Waals surface area contributed by atoms with Gasteiger partial charge in [-0.2, -0.15) is 9.41 Å². The van der Waals surface area contributed by atoms with Crippen LogP contribution in [0.25, 0.3) is 6.08 Å². The second-order valence-corrected chi connectivity index (χ2v) is 8.00. The van der Waals surface area contributed by atoms with Crippen LogP contribution in [0.3, 0.4) is 0 Å². The molecule has 0 aliphatic heterocycles. The van der Waals surface area contributed by atoms with Crippen molar-refractivity contribution in [2.24, 2.45) is 5.10 Å². The minimum atomic E-state index is -3.99. The Balaban J connectivity index is 2.31. The second-order valence-electron chi connectivity index (χ2n) is 6.09. The minimum Gasteiger partial charge on any atom is -0.277 e. The number of para-hydroxylation sites is 1. The molecule has 0 aliphatic rings. The summed E-state index contributed by atoms with van der Waals surface area (Å²) in [5.74, 6) is 0. The summed E-state index contributed by atoms with van der Waals surface area (Å²) in [6, 6.07) is 9.56. The number of sulfonamides is 1. The fourth-order valence-corrected chi connectivity index (χ4v) is 4.34. The van der Waals surface area contributed by atoms with Crippen LogP contribution in [0.1, 0.15) is 19.4 Å². The molecule has 0 bridgehead atoms. The second kappa shape index (κ2) is 10.4. The molecule has 0 heterocycles. The van der Waals surface area contributed by atoms with Crippen molar-refractivity contribution in [1.29, 1.82) is 0 Å². The summed E-state index contributed by atoms with van der Waals surface area (Å²) in [4.78, 5) is 20.7. The van der Waals surface area contributed by atoms with Crippen molar-refractivity contribution in [3.63, 3.8) is 0 Å². The van der Waals surface area contributed by atoms with Crippen LogP contribution in [0.4, 0.5) is 17.1 Å². The fourth-order valence-electron chi connectivity index (χ4n) is 2.72. The molecule has 0 aromatic heterocycles. The Labute approximate surface area is 179 Å². The molecular weight excluding hydrogens is 426 g/mol. The molecule has 31 heavy (non-hydrogen) atoms. The lowest BCUT2D eigenvalue weighted by molar-refractivity contribution is -0.385. The number of nitro groups is 2. The quantitative estimate of drug-likeness (QED) is 0.332. The zero-order valence-electron chi connectivity index (χ0n) is 16.8.